The van der Waals surface area contributed by atoms with Gasteiger partial charge in [0.05, 0.1) is 18.7 Å². The first-order chi connectivity index (χ1) is 17.8. The van der Waals surface area contributed by atoms with E-state index in [0.717, 1.165) is 26.7 Å². The zero-order valence-electron chi connectivity index (χ0n) is 19.6. The molecule has 0 bridgehead atoms. The van der Waals surface area contributed by atoms with Crippen LogP contribution in [0.25, 0.3) is 16.7 Å². The molecule has 1 aliphatic heterocycles. The van der Waals surface area contributed by atoms with Crippen LogP contribution in [0.4, 0.5) is 0 Å². The lowest BCUT2D eigenvalue weighted by atomic mass is 9.95. The third-order valence-corrected chi connectivity index (χ3v) is 7.60. The summed E-state index contributed by atoms with van der Waals surface area (Å²) in [7, 11) is 1.61. The van der Waals surface area contributed by atoms with Gasteiger partial charge in [0, 0.05) is 43.7 Å². The van der Waals surface area contributed by atoms with Crippen LogP contribution in [-0.4, -0.2) is 40.3 Å². The summed E-state index contributed by atoms with van der Waals surface area (Å²) in [5.41, 5.74) is 2.80. The fourth-order valence-corrected chi connectivity index (χ4v) is 5.43. The molecule has 1 amide bonds. The summed E-state index contributed by atoms with van der Waals surface area (Å²) in [4.78, 5) is 31.3. The minimum absolute atomic E-state index is 0.0165. The summed E-state index contributed by atoms with van der Waals surface area (Å²) >= 11 is 16.1. The molecular formula is C28H21BrCl2N2O4. The number of benzene rings is 3. The molecule has 37 heavy (non-hydrogen) atoms. The first kappa shape index (κ1) is 25.4. The van der Waals surface area contributed by atoms with Crippen molar-refractivity contribution in [2.45, 2.75) is 12.5 Å². The quantitative estimate of drug-likeness (QED) is 0.143. The highest BCUT2D eigenvalue weighted by Gasteiger charge is 2.46. The molecule has 1 atom stereocenters. The SMILES string of the molecule is COc1ccc2[nH]cc(CCN3C(=O)C(=O)C(=C(O)c4ccc(Br)cc4)[C@H]3c3ccc(Cl)cc3Cl)c2c1. The molecule has 1 saturated heterocycles. The standard InChI is InChI=1S/C28H21BrCl2N2O4/c1-37-19-7-9-23-21(13-19)16(14-32-23)10-11-33-25(20-8-6-18(30)12-22(20)31)24(27(35)28(33)36)26(34)15-2-4-17(29)5-3-15/h2-9,12-14,25,32,34H,10-11H2,1H3/t25-/m1/s1. The highest BCUT2D eigenvalue weighted by atomic mass is 79.9. The number of aromatic amines is 1. The molecule has 0 saturated carbocycles. The number of hydrogen-bond donors (Lipinski definition) is 2. The predicted octanol–water partition coefficient (Wildman–Crippen LogP) is 6.91. The molecule has 5 rings (SSSR count). The van der Waals surface area contributed by atoms with E-state index in [1.165, 1.54) is 4.90 Å². The minimum Gasteiger partial charge on any atom is -0.507 e. The van der Waals surface area contributed by atoms with Crippen molar-refractivity contribution in [2.24, 2.45) is 0 Å². The van der Waals surface area contributed by atoms with Crippen molar-refractivity contribution < 1.29 is 19.4 Å². The van der Waals surface area contributed by atoms with Crippen LogP contribution in [0.15, 0.2) is 76.9 Å². The van der Waals surface area contributed by atoms with Gasteiger partial charge in [-0.25, -0.2) is 0 Å². The second kappa shape index (κ2) is 10.2. The van der Waals surface area contributed by atoms with E-state index in [4.69, 9.17) is 27.9 Å². The van der Waals surface area contributed by atoms with Crippen LogP contribution in [0.3, 0.4) is 0 Å². The van der Waals surface area contributed by atoms with Gasteiger partial charge in [0.15, 0.2) is 0 Å². The Morgan fingerprint density at radius 3 is 2.54 bits per heavy atom. The minimum atomic E-state index is -0.881. The van der Waals surface area contributed by atoms with Gasteiger partial charge in [0.25, 0.3) is 11.7 Å². The Kier molecular flexibility index (Phi) is 7.03. The maximum absolute atomic E-state index is 13.3. The Bertz CT molecular complexity index is 1560. The number of rotatable bonds is 6. The summed E-state index contributed by atoms with van der Waals surface area (Å²) in [5.74, 6) is -1.01. The van der Waals surface area contributed by atoms with Crippen LogP contribution in [0.2, 0.25) is 10.0 Å². The van der Waals surface area contributed by atoms with Gasteiger partial charge in [-0.2, -0.15) is 0 Å². The fraction of sp³-hybridized carbons (Fsp3) is 0.143. The number of methoxy groups -OCH3 is 1. The molecule has 2 N–H and O–H groups in total. The number of amides is 1. The van der Waals surface area contributed by atoms with Gasteiger partial charge in [-0.1, -0.05) is 57.3 Å². The van der Waals surface area contributed by atoms with E-state index in [-0.39, 0.29) is 17.9 Å². The number of hydrogen-bond acceptors (Lipinski definition) is 4. The van der Waals surface area contributed by atoms with Gasteiger partial charge in [-0.05, 0) is 60.0 Å². The third kappa shape index (κ3) is 4.75. The highest BCUT2D eigenvalue weighted by molar-refractivity contribution is 9.10. The number of aromatic nitrogens is 1. The normalized spacial score (nSPS) is 17.1. The number of ketones is 1. The Labute approximate surface area is 231 Å². The van der Waals surface area contributed by atoms with Crippen molar-refractivity contribution in [3.63, 3.8) is 0 Å². The van der Waals surface area contributed by atoms with E-state index in [1.54, 1.807) is 49.6 Å². The molecule has 1 aliphatic rings. The molecule has 6 nitrogen and oxygen atoms in total. The van der Waals surface area contributed by atoms with Crippen LogP contribution >= 0.6 is 39.1 Å². The number of nitrogens with one attached hydrogen (secondary N) is 1. The molecule has 3 aromatic carbocycles. The van der Waals surface area contributed by atoms with Gasteiger partial charge in [-0.3, -0.25) is 9.59 Å². The number of H-pyrrole nitrogens is 1. The van der Waals surface area contributed by atoms with E-state index < -0.39 is 17.7 Å². The third-order valence-electron chi connectivity index (χ3n) is 6.51. The van der Waals surface area contributed by atoms with Gasteiger partial charge in [-0.15, -0.1) is 0 Å². The number of carbonyl (C=O) groups excluding carboxylic acids is 2. The maximum Gasteiger partial charge on any atom is 0.295 e. The van der Waals surface area contributed by atoms with E-state index in [1.807, 2.05) is 24.4 Å². The molecule has 0 spiro atoms. The van der Waals surface area contributed by atoms with Gasteiger partial charge in [0.2, 0.25) is 0 Å². The van der Waals surface area contributed by atoms with E-state index in [2.05, 4.69) is 20.9 Å². The smallest absolute Gasteiger partial charge is 0.295 e. The number of fused-ring (bicyclic) bond motifs is 1. The van der Waals surface area contributed by atoms with Gasteiger partial charge >= 0.3 is 0 Å². The Hall–Kier alpha value is -3.26. The molecule has 0 aliphatic carbocycles. The first-order valence-electron chi connectivity index (χ1n) is 11.4. The lowest BCUT2D eigenvalue weighted by Gasteiger charge is -2.26. The van der Waals surface area contributed by atoms with Crippen molar-refractivity contribution in [1.29, 1.82) is 0 Å². The van der Waals surface area contributed by atoms with Crippen molar-refractivity contribution in [2.75, 3.05) is 13.7 Å². The van der Waals surface area contributed by atoms with Crippen LogP contribution in [-0.2, 0) is 16.0 Å². The first-order valence-corrected chi connectivity index (χ1v) is 13.0. The molecule has 0 unspecified atom stereocenters. The van der Waals surface area contributed by atoms with Crippen molar-refractivity contribution in [1.82, 2.24) is 9.88 Å². The largest absolute Gasteiger partial charge is 0.507 e. The fourth-order valence-electron chi connectivity index (χ4n) is 4.65. The number of aliphatic hydroxyl groups excluding tert-OH is 1. The Balaban J connectivity index is 1.58. The molecule has 1 fully saturated rings. The van der Waals surface area contributed by atoms with Crippen LogP contribution in [0.1, 0.15) is 22.7 Å². The average Bonchev–Trinajstić information content (AvgIpc) is 3.40. The average molecular weight is 600 g/mol. The lowest BCUT2D eigenvalue weighted by molar-refractivity contribution is -0.139. The number of ether oxygens (including phenoxy) is 1. The summed E-state index contributed by atoms with van der Waals surface area (Å²) in [6.07, 6.45) is 2.34. The second-order valence-electron chi connectivity index (χ2n) is 8.64. The number of Topliss-reactive ketones (excluding diaryl/α,β-unsaturated/α-hetero) is 1. The predicted molar refractivity (Wildman–Crippen MR) is 148 cm³/mol. The van der Waals surface area contributed by atoms with Gasteiger partial charge in [0.1, 0.15) is 11.5 Å². The second-order valence-corrected chi connectivity index (χ2v) is 10.4. The van der Waals surface area contributed by atoms with E-state index >= 15 is 0 Å². The van der Waals surface area contributed by atoms with E-state index in [9.17, 15) is 14.7 Å². The van der Waals surface area contributed by atoms with Crippen molar-refractivity contribution in [3.05, 3.63) is 104 Å². The van der Waals surface area contributed by atoms with Crippen LogP contribution in [0, 0.1) is 0 Å². The molecular weight excluding hydrogens is 579 g/mol. The summed E-state index contributed by atoms with van der Waals surface area (Å²) in [6.45, 7) is 0.218. The number of nitrogens with zero attached hydrogens (tertiary/aromatic N) is 1. The highest BCUT2D eigenvalue weighted by Crippen LogP contribution is 2.42. The monoisotopic (exact) mass is 598 g/mol. The number of halogens is 3. The molecule has 2 heterocycles. The Morgan fingerprint density at radius 2 is 1.84 bits per heavy atom. The molecule has 188 valence electrons. The summed E-state index contributed by atoms with van der Waals surface area (Å²) in [5, 5.41) is 12.9. The van der Waals surface area contributed by atoms with E-state index in [0.29, 0.717) is 27.6 Å². The number of likely N-dealkylation sites (tertiary alicyclic amines) is 1. The summed E-state index contributed by atoms with van der Waals surface area (Å²) < 4.78 is 6.17. The zero-order chi connectivity index (χ0) is 26.3. The number of carbonyl (C=O) groups is 2. The zero-order valence-corrected chi connectivity index (χ0v) is 22.7. The number of aliphatic hydroxyl groups is 1. The molecule has 0 radical (unpaired) electrons. The molecule has 1 aromatic heterocycles. The maximum atomic E-state index is 13.3. The summed E-state index contributed by atoms with van der Waals surface area (Å²) in [6, 6.07) is 16.6. The van der Waals surface area contributed by atoms with Crippen LogP contribution < -0.4 is 4.74 Å². The van der Waals surface area contributed by atoms with Gasteiger partial charge < -0.3 is 19.7 Å². The molecule has 4 aromatic rings. The lowest BCUT2D eigenvalue weighted by Crippen LogP contribution is -2.31. The van der Waals surface area contributed by atoms with Crippen LogP contribution in [0.5, 0.6) is 5.75 Å². The molecule has 9 heteroatoms. The Morgan fingerprint density at radius 1 is 1.08 bits per heavy atom. The van der Waals surface area contributed by atoms with Crippen molar-refractivity contribution >= 4 is 67.5 Å². The topological polar surface area (TPSA) is 82.6 Å². The van der Waals surface area contributed by atoms with Crippen molar-refractivity contribution in [3.8, 4) is 5.75 Å².